The zero-order chi connectivity index (χ0) is 12.7. The molecule has 1 aromatic rings. The summed E-state index contributed by atoms with van der Waals surface area (Å²) in [6.45, 7) is 5.16. The van der Waals surface area contributed by atoms with Crippen molar-refractivity contribution in [2.45, 2.75) is 13.8 Å². The van der Waals surface area contributed by atoms with E-state index in [-0.39, 0.29) is 11.8 Å². The molecule has 0 fully saturated rings. The van der Waals surface area contributed by atoms with Gasteiger partial charge in [0.1, 0.15) is 5.82 Å². The standard InChI is InChI=1S/C13H17FN2O/c1-3-16(4-2)13(17)15-9-8-11-6-5-7-12(14)10-11/h5-10H,3-4H2,1-2H3,(H,15,17)/b9-8+. The summed E-state index contributed by atoms with van der Waals surface area (Å²) in [7, 11) is 0. The average molecular weight is 236 g/mol. The summed E-state index contributed by atoms with van der Waals surface area (Å²) in [6, 6.07) is 6.03. The molecule has 1 rings (SSSR count). The highest BCUT2D eigenvalue weighted by Gasteiger charge is 2.05. The van der Waals surface area contributed by atoms with Crippen molar-refractivity contribution in [1.29, 1.82) is 0 Å². The Morgan fingerprint density at radius 1 is 1.41 bits per heavy atom. The number of halogens is 1. The Balaban J connectivity index is 2.53. The van der Waals surface area contributed by atoms with Gasteiger partial charge < -0.3 is 10.2 Å². The van der Waals surface area contributed by atoms with E-state index < -0.39 is 0 Å². The van der Waals surface area contributed by atoms with Crippen molar-refractivity contribution in [3.05, 3.63) is 41.8 Å². The summed E-state index contributed by atoms with van der Waals surface area (Å²) in [5.74, 6) is -0.290. The lowest BCUT2D eigenvalue weighted by molar-refractivity contribution is 0.207. The number of hydrogen-bond donors (Lipinski definition) is 1. The number of nitrogens with one attached hydrogen (secondary N) is 1. The number of hydrogen-bond acceptors (Lipinski definition) is 1. The van der Waals surface area contributed by atoms with Crippen molar-refractivity contribution in [3.8, 4) is 0 Å². The maximum atomic E-state index is 12.9. The fourth-order valence-corrected chi connectivity index (χ4v) is 1.42. The van der Waals surface area contributed by atoms with Crippen molar-refractivity contribution in [2.24, 2.45) is 0 Å². The number of rotatable bonds is 4. The van der Waals surface area contributed by atoms with E-state index in [2.05, 4.69) is 5.32 Å². The first kappa shape index (κ1) is 13.2. The van der Waals surface area contributed by atoms with E-state index in [0.717, 1.165) is 0 Å². The van der Waals surface area contributed by atoms with Crippen LogP contribution in [-0.4, -0.2) is 24.0 Å². The Morgan fingerprint density at radius 2 is 2.12 bits per heavy atom. The summed E-state index contributed by atoms with van der Waals surface area (Å²) in [6.07, 6.45) is 3.18. The normalized spacial score (nSPS) is 10.5. The third-order valence-electron chi connectivity index (χ3n) is 2.38. The lowest BCUT2D eigenvalue weighted by Crippen LogP contribution is -2.37. The number of carbonyl (C=O) groups is 1. The van der Waals surface area contributed by atoms with Gasteiger partial charge in [-0.1, -0.05) is 12.1 Å². The number of carbonyl (C=O) groups excluding carboxylic acids is 1. The topological polar surface area (TPSA) is 32.3 Å². The van der Waals surface area contributed by atoms with Crippen LogP contribution in [0.5, 0.6) is 0 Å². The van der Waals surface area contributed by atoms with Crippen LogP contribution in [0.15, 0.2) is 30.5 Å². The molecule has 0 aliphatic rings. The summed E-state index contributed by atoms with van der Waals surface area (Å²) in [5, 5.41) is 2.64. The zero-order valence-corrected chi connectivity index (χ0v) is 10.1. The van der Waals surface area contributed by atoms with Crippen LogP contribution in [0.4, 0.5) is 9.18 Å². The minimum absolute atomic E-state index is 0.150. The molecule has 4 heteroatoms. The molecule has 0 aliphatic carbocycles. The monoisotopic (exact) mass is 236 g/mol. The minimum atomic E-state index is -0.290. The number of amides is 2. The predicted octanol–water partition coefficient (Wildman–Crippen LogP) is 2.85. The first-order chi connectivity index (χ1) is 8.17. The average Bonchev–Trinajstić information content (AvgIpc) is 2.30. The highest BCUT2D eigenvalue weighted by Crippen LogP contribution is 2.04. The molecule has 0 heterocycles. The highest BCUT2D eigenvalue weighted by molar-refractivity contribution is 5.76. The molecule has 0 aliphatic heterocycles. The molecule has 0 saturated carbocycles. The molecule has 92 valence electrons. The van der Waals surface area contributed by atoms with Gasteiger partial charge in [0.15, 0.2) is 0 Å². The predicted molar refractivity (Wildman–Crippen MR) is 66.9 cm³/mol. The molecule has 17 heavy (non-hydrogen) atoms. The van der Waals surface area contributed by atoms with Gasteiger partial charge >= 0.3 is 6.03 Å². The van der Waals surface area contributed by atoms with Crippen LogP contribution in [0, 0.1) is 5.82 Å². The molecule has 0 unspecified atom stereocenters. The lowest BCUT2D eigenvalue weighted by atomic mass is 10.2. The van der Waals surface area contributed by atoms with Crippen LogP contribution in [0.25, 0.3) is 6.08 Å². The fraction of sp³-hybridized carbons (Fsp3) is 0.308. The molecule has 0 aromatic heterocycles. The first-order valence-electron chi connectivity index (χ1n) is 5.65. The Labute approximate surface area is 101 Å². The van der Waals surface area contributed by atoms with Crippen molar-refractivity contribution >= 4 is 12.1 Å². The molecule has 0 radical (unpaired) electrons. The van der Waals surface area contributed by atoms with Crippen LogP contribution in [-0.2, 0) is 0 Å². The maximum Gasteiger partial charge on any atom is 0.321 e. The second-order valence-corrected chi connectivity index (χ2v) is 3.51. The van der Waals surface area contributed by atoms with Gasteiger partial charge in [-0.3, -0.25) is 0 Å². The van der Waals surface area contributed by atoms with Gasteiger partial charge in [-0.25, -0.2) is 9.18 Å². The van der Waals surface area contributed by atoms with E-state index in [9.17, 15) is 9.18 Å². The van der Waals surface area contributed by atoms with Crippen LogP contribution >= 0.6 is 0 Å². The molecule has 1 N–H and O–H groups in total. The maximum absolute atomic E-state index is 12.9. The molecule has 1 aromatic carbocycles. The molecule has 0 bridgehead atoms. The van der Waals surface area contributed by atoms with Gasteiger partial charge in [-0.2, -0.15) is 0 Å². The van der Waals surface area contributed by atoms with Gasteiger partial charge in [-0.15, -0.1) is 0 Å². The van der Waals surface area contributed by atoms with Crippen LogP contribution in [0.1, 0.15) is 19.4 Å². The number of nitrogens with zero attached hydrogens (tertiary/aromatic N) is 1. The Morgan fingerprint density at radius 3 is 2.71 bits per heavy atom. The van der Waals surface area contributed by atoms with Crippen LogP contribution < -0.4 is 5.32 Å². The van der Waals surface area contributed by atoms with Gasteiger partial charge in [0.2, 0.25) is 0 Å². The smallest absolute Gasteiger partial charge is 0.321 e. The van der Waals surface area contributed by atoms with Gasteiger partial charge in [0.05, 0.1) is 0 Å². The van der Waals surface area contributed by atoms with Crippen molar-refractivity contribution in [2.75, 3.05) is 13.1 Å². The zero-order valence-electron chi connectivity index (χ0n) is 10.1. The Bertz CT molecular complexity index is 400. The fourth-order valence-electron chi connectivity index (χ4n) is 1.42. The quantitative estimate of drug-likeness (QED) is 0.856. The van der Waals surface area contributed by atoms with E-state index in [1.165, 1.54) is 18.3 Å². The largest absolute Gasteiger partial charge is 0.325 e. The highest BCUT2D eigenvalue weighted by atomic mass is 19.1. The SMILES string of the molecule is CCN(CC)C(=O)N/C=C/c1cccc(F)c1. The van der Waals surface area contributed by atoms with Crippen molar-refractivity contribution < 1.29 is 9.18 Å². The second-order valence-electron chi connectivity index (χ2n) is 3.51. The second kappa shape index (κ2) is 6.68. The number of benzene rings is 1. The van der Waals surface area contributed by atoms with Crippen molar-refractivity contribution in [1.82, 2.24) is 10.2 Å². The van der Waals surface area contributed by atoms with Gasteiger partial charge in [-0.05, 0) is 37.6 Å². The van der Waals surface area contributed by atoms with E-state index in [1.807, 2.05) is 13.8 Å². The summed E-state index contributed by atoms with van der Waals surface area (Å²) in [4.78, 5) is 13.2. The summed E-state index contributed by atoms with van der Waals surface area (Å²) in [5.41, 5.74) is 0.713. The van der Waals surface area contributed by atoms with E-state index >= 15 is 0 Å². The third-order valence-corrected chi connectivity index (χ3v) is 2.38. The van der Waals surface area contributed by atoms with Gasteiger partial charge in [0, 0.05) is 19.3 Å². The Hall–Kier alpha value is -1.84. The molecule has 0 saturated heterocycles. The van der Waals surface area contributed by atoms with Crippen molar-refractivity contribution in [3.63, 3.8) is 0 Å². The third kappa shape index (κ3) is 4.26. The van der Waals surface area contributed by atoms with E-state index in [4.69, 9.17) is 0 Å². The lowest BCUT2D eigenvalue weighted by Gasteiger charge is -2.17. The van der Waals surface area contributed by atoms with E-state index in [1.54, 1.807) is 23.1 Å². The first-order valence-corrected chi connectivity index (χ1v) is 5.65. The molecule has 0 atom stereocenters. The summed E-state index contributed by atoms with van der Waals surface area (Å²) >= 11 is 0. The molecular formula is C13H17FN2O. The molecule has 0 spiro atoms. The van der Waals surface area contributed by atoms with E-state index in [0.29, 0.717) is 18.7 Å². The van der Waals surface area contributed by atoms with Crippen LogP contribution in [0.3, 0.4) is 0 Å². The van der Waals surface area contributed by atoms with Gasteiger partial charge in [0.25, 0.3) is 0 Å². The Kier molecular flexibility index (Phi) is 5.20. The minimum Gasteiger partial charge on any atom is -0.325 e. The number of urea groups is 1. The molecule has 2 amide bonds. The molecular weight excluding hydrogens is 219 g/mol. The summed E-state index contributed by atoms with van der Waals surface area (Å²) < 4.78 is 12.9. The van der Waals surface area contributed by atoms with Crippen LogP contribution in [0.2, 0.25) is 0 Å². The molecule has 3 nitrogen and oxygen atoms in total.